The summed E-state index contributed by atoms with van der Waals surface area (Å²) in [4.78, 5) is 24.2. The van der Waals surface area contributed by atoms with Crippen LogP contribution in [0.25, 0.3) is 0 Å². The monoisotopic (exact) mass is 500 g/mol. The van der Waals surface area contributed by atoms with Crippen LogP contribution < -0.4 is 10.6 Å². The van der Waals surface area contributed by atoms with Gasteiger partial charge >= 0.3 is 11.6 Å². The van der Waals surface area contributed by atoms with E-state index in [9.17, 15) is 31.2 Å². The summed E-state index contributed by atoms with van der Waals surface area (Å²) in [6, 6.07) is 12.2. The summed E-state index contributed by atoms with van der Waals surface area (Å²) in [6.07, 6.45) is -0.516. The van der Waals surface area contributed by atoms with E-state index in [1.165, 1.54) is 13.2 Å². The molecule has 3 rings (SSSR count). The number of alkyl carbamates (subject to hydrolysis) is 1. The minimum Gasteiger partial charge on any atom is -0.445 e. The summed E-state index contributed by atoms with van der Waals surface area (Å²) in [5.41, 5.74) is -4.81. The van der Waals surface area contributed by atoms with Gasteiger partial charge in [-0.1, -0.05) is 36.4 Å². The maximum atomic E-state index is 12.9. The van der Waals surface area contributed by atoms with E-state index in [-0.39, 0.29) is 24.8 Å². The molecule has 1 fully saturated rings. The van der Waals surface area contributed by atoms with Gasteiger partial charge in [-0.2, -0.15) is 13.2 Å². The van der Waals surface area contributed by atoms with Gasteiger partial charge in [0.2, 0.25) is 5.91 Å². The van der Waals surface area contributed by atoms with E-state index in [1.807, 2.05) is 6.07 Å². The second-order valence-corrected chi connectivity index (χ2v) is 9.66. The van der Waals surface area contributed by atoms with Crippen LogP contribution >= 0.6 is 0 Å². The quantitative estimate of drug-likeness (QED) is 0.601. The van der Waals surface area contributed by atoms with E-state index in [0.717, 1.165) is 23.8 Å². The van der Waals surface area contributed by atoms with Crippen LogP contribution in [-0.2, 0) is 30.7 Å². The van der Waals surface area contributed by atoms with E-state index in [1.54, 1.807) is 24.3 Å². The number of hydrogen-bond acceptors (Lipinski definition) is 6. The van der Waals surface area contributed by atoms with Crippen molar-refractivity contribution in [3.63, 3.8) is 0 Å². The number of ether oxygens (including phenoxy) is 2. The molecule has 3 atom stereocenters. The highest BCUT2D eigenvalue weighted by molar-refractivity contribution is 7.92. The van der Waals surface area contributed by atoms with Gasteiger partial charge in [-0.05, 0) is 36.6 Å². The molecule has 0 radical (unpaired) electrons. The molecule has 1 aliphatic carbocycles. The van der Waals surface area contributed by atoms with Crippen molar-refractivity contribution in [2.45, 2.75) is 42.0 Å². The number of carbonyl (C=O) groups excluding carboxylic acids is 2. The lowest BCUT2D eigenvalue weighted by Gasteiger charge is -2.20. The van der Waals surface area contributed by atoms with Gasteiger partial charge in [0.25, 0.3) is 9.84 Å². The summed E-state index contributed by atoms with van der Waals surface area (Å²) in [6.45, 7) is 0.0322. The summed E-state index contributed by atoms with van der Waals surface area (Å²) in [5, 5.41) is 5.07. The van der Waals surface area contributed by atoms with Crippen LogP contribution in [0.3, 0.4) is 0 Å². The molecule has 2 amide bonds. The molecule has 0 heterocycles. The number of rotatable bonds is 7. The number of halogens is 3. The van der Waals surface area contributed by atoms with E-state index in [4.69, 9.17) is 9.47 Å². The minimum absolute atomic E-state index is 0.0322. The van der Waals surface area contributed by atoms with Crippen LogP contribution in [0.5, 0.6) is 0 Å². The summed E-state index contributed by atoms with van der Waals surface area (Å²) >= 11 is 0. The molecule has 0 bridgehead atoms. The van der Waals surface area contributed by atoms with Crippen molar-refractivity contribution < 1.29 is 40.7 Å². The molecule has 2 aromatic carbocycles. The molecule has 8 nitrogen and oxygen atoms in total. The fraction of sp³-hybridized carbons (Fsp3) is 0.364. The Bertz CT molecular complexity index is 1120. The SMILES string of the molecule is CO[C@H]1C[C@H](C(=O)Nc2cccc(S(=O)(=O)C(F)(F)F)c2)[C@H](NC(=O)OCc2ccccc2)C1. The van der Waals surface area contributed by atoms with Crippen molar-refractivity contribution in [3.05, 3.63) is 60.2 Å². The number of methoxy groups -OCH3 is 1. The Morgan fingerprint density at radius 2 is 1.76 bits per heavy atom. The van der Waals surface area contributed by atoms with Crippen LogP contribution in [0.2, 0.25) is 0 Å². The van der Waals surface area contributed by atoms with Gasteiger partial charge in [0, 0.05) is 18.8 Å². The Labute approximate surface area is 194 Å². The first-order chi connectivity index (χ1) is 16.0. The van der Waals surface area contributed by atoms with Crippen LogP contribution in [0.15, 0.2) is 59.5 Å². The summed E-state index contributed by atoms with van der Waals surface area (Å²) in [5.74, 6) is -1.38. The average Bonchev–Trinajstić information content (AvgIpc) is 3.21. The highest BCUT2D eigenvalue weighted by Gasteiger charge is 2.47. The highest BCUT2D eigenvalue weighted by atomic mass is 32.2. The van der Waals surface area contributed by atoms with Gasteiger partial charge in [-0.25, -0.2) is 13.2 Å². The normalized spacial score (nSPS) is 20.5. The maximum absolute atomic E-state index is 12.9. The topological polar surface area (TPSA) is 111 Å². The number of sulfone groups is 1. The smallest absolute Gasteiger partial charge is 0.445 e. The number of hydrogen-bond donors (Lipinski definition) is 2. The molecule has 34 heavy (non-hydrogen) atoms. The molecule has 12 heteroatoms. The molecular formula is C22H23F3N2O6S. The van der Waals surface area contributed by atoms with Gasteiger partial charge < -0.3 is 20.1 Å². The molecule has 2 aromatic rings. The third kappa shape index (κ3) is 6.06. The number of amides is 2. The van der Waals surface area contributed by atoms with Gasteiger partial charge in [0.05, 0.1) is 16.9 Å². The Morgan fingerprint density at radius 1 is 1.06 bits per heavy atom. The molecule has 0 unspecified atom stereocenters. The van der Waals surface area contributed by atoms with Crippen molar-refractivity contribution >= 4 is 27.5 Å². The number of carbonyl (C=O) groups is 2. The molecule has 0 saturated heterocycles. The molecule has 0 aromatic heterocycles. The average molecular weight is 500 g/mol. The fourth-order valence-electron chi connectivity index (χ4n) is 3.66. The van der Waals surface area contributed by atoms with Gasteiger partial charge in [0.1, 0.15) is 6.61 Å². The second kappa shape index (κ2) is 10.4. The zero-order valence-electron chi connectivity index (χ0n) is 18.0. The van der Waals surface area contributed by atoms with Crippen molar-refractivity contribution in [2.75, 3.05) is 12.4 Å². The molecule has 2 N–H and O–H groups in total. The first kappa shape index (κ1) is 25.5. The van der Waals surface area contributed by atoms with E-state index >= 15 is 0 Å². The van der Waals surface area contributed by atoms with Gasteiger partial charge in [0.15, 0.2) is 0 Å². The van der Waals surface area contributed by atoms with Crippen molar-refractivity contribution in [1.82, 2.24) is 5.32 Å². The van der Waals surface area contributed by atoms with E-state index in [2.05, 4.69) is 10.6 Å². The van der Waals surface area contributed by atoms with Crippen LogP contribution in [0.4, 0.5) is 23.7 Å². The number of anilines is 1. The van der Waals surface area contributed by atoms with Crippen LogP contribution in [0, 0.1) is 5.92 Å². The molecule has 184 valence electrons. The van der Waals surface area contributed by atoms with E-state index in [0.29, 0.717) is 6.42 Å². The summed E-state index contributed by atoms with van der Waals surface area (Å²) in [7, 11) is -4.11. The highest BCUT2D eigenvalue weighted by Crippen LogP contribution is 2.32. The number of nitrogens with one attached hydrogen (secondary N) is 2. The zero-order valence-corrected chi connectivity index (χ0v) is 18.9. The van der Waals surface area contributed by atoms with Crippen molar-refractivity contribution in [3.8, 4) is 0 Å². The first-order valence-electron chi connectivity index (χ1n) is 10.2. The third-order valence-electron chi connectivity index (χ3n) is 5.42. The first-order valence-corrected chi connectivity index (χ1v) is 11.7. The van der Waals surface area contributed by atoms with E-state index < -0.39 is 44.2 Å². The van der Waals surface area contributed by atoms with Crippen LogP contribution in [-0.4, -0.2) is 45.2 Å². The molecule has 1 saturated carbocycles. The van der Waals surface area contributed by atoms with Gasteiger partial charge in [-0.3, -0.25) is 4.79 Å². The Hall–Kier alpha value is -3.12. The fourth-order valence-corrected chi connectivity index (χ4v) is 4.47. The summed E-state index contributed by atoms with van der Waals surface area (Å²) < 4.78 is 72.3. The predicted molar refractivity (Wildman–Crippen MR) is 115 cm³/mol. The van der Waals surface area contributed by atoms with Crippen molar-refractivity contribution in [2.24, 2.45) is 5.92 Å². The van der Waals surface area contributed by atoms with Crippen molar-refractivity contribution in [1.29, 1.82) is 0 Å². The van der Waals surface area contributed by atoms with Crippen LogP contribution in [0.1, 0.15) is 18.4 Å². The molecule has 1 aliphatic rings. The maximum Gasteiger partial charge on any atom is 0.501 e. The predicted octanol–water partition coefficient (Wildman–Crippen LogP) is 3.64. The Balaban J connectivity index is 1.67. The lowest BCUT2D eigenvalue weighted by Crippen LogP contribution is -2.42. The van der Waals surface area contributed by atoms with Gasteiger partial charge in [-0.15, -0.1) is 0 Å². The zero-order chi connectivity index (χ0) is 24.9. The molecule has 0 aliphatic heterocycles. The number of benzene rings is 2. The Morgan fingerprint density at radius 3 is 2.41 bits per heavy atom. The Kier molecular flexibility index (Phi) is 7.82. The largest absolute Gasteiger partial charge is 0.501 e. The molecule has 0 spiro atoms. The lowest BCUT2D eigenvalue weighted by molar-refractivity contribution is -0.120. The lowest BCUT2D eigenvalue weighted by atomic mass is 10.0. The minimum atomic E-state index is -5.57. The number of alkyl halides is 3. The third-order valence-corrected chi connectivity index (χ3v) is 6.91. The standard InChI is InChI=1S/C22H23F3N2O6S/c1-32-16-11-18(19(12-16)27-21(29)33-13-14-6-3-2-4-7-14)20(28)26-15-8-5-9-17(10-15)34(30,31)22(23,24)25/h2-10,16,18-19H,11-13H2,1H3,(H,26,28)(H,27,29)/t16-,18-,19+/m0/s1. The molecular weight excluding hydrogens is 477 g/mol. The second-order valence-electron chi connectivity index (χ2n) is 7.71.